The Morgan fingerprint density at radius 3 is 2.35 bits per heavy atom. The third-order valence-electron chi connectivity index (χ3n) is 7.68. The molecule has 37 heavy (non-hydrogen) atoms. The first-order chi connectivity index (χ1) is 18.1. The van der Waals surface area contributed by atoms with E-state index in [1.54, 1.807) is 6.20 Å². The number of hydrogen-bond donors (Lipinski definition) is 2. The number of rotatable bonds is 4. The van der Waals surface area contributed by atoms with Crippen LogP contribution in [-0.2, 0) is 18.8 Å². The second-order valence-electron chi connectivity index (χ2n) is 9.58. The third-order valence-corrected chi connectivity index (χ3v) is 7.68. The van der Waals surface area contributed by atoms with Crippen molar-refractivity contribution in [3.05, 3.63) is 120 Å². The fourth-order valence-electron chi connectivity index (χ4n) is 5.85. The molecule has 0 aliphatic heterocycles. The average Bonchev–Trinajstić information content (AvgIpc) is 3.42. The number of pyridine rings is 2. The predicted molar refractivity (Wildman–Crippen MR) is 146 cm³/mol. The summed E-state index contributed by atoms with van der Waals surface area (Å²) in [5.41, 5.74) is 7.36. The molecule has 7 rings (SSSR count). The van der Waals surface area contributed by atoms with Crippen LogP contribution in [0.1, 0.15) is 29.2 Å². The molecule has 0 radical (unpaired) electrons. The molecule has 0 saturated heterocycles. The van der Waals surface area contributed by atoms with Gasteiger partial charge in [0.2, 0.25) is 0 Å². The van der Waals surface area contributed by atoms with Crippen molar-refractivity contribution in [1.29, 1.82) is 0 Å². The van der Waals surface area contributed by atoms with Gasteiger partial charge in [0.15, 0.2) is 0 Å². The number of fused-ring (bicyclic) bond motifs is 6. The summed E-state index contributed by atoms with van der Waals surface area (Å²) in [4.78, 5) is 9.41. The Labute approximate surface area is 214 Å². The van der Waals surface area contributed by atoms with Crippen molar-refractivity contribution in [2.75, 3.05) is 0 Å². The van der Waals surface area contributed by atoms with Crippen LogP contribution < -0.4 is 0 Å². The normalized spacial score (nSPS) is 16.3. The number of aromatic nitrogens is 3. The highest BCUT2D eigenvalue weighted by Gasteiger charge is 2.45. The van der Waals surface area contributed by atoms with E-state index in [4.69, 9.17) is 4.98 Å². The smallest absolute Gasteiger partial charge is 0.144 e. The van der Waals surface area contributed by atoms with E-state index in [-0.39, 0.29) is 6.61 Å². The molecule has 0 spiro atoms. The molecule has 6 aromatic rings. The maximum absolute atomic E-state index is 12.3. The fourth-order valence-corrected chi connectivity index (χ4v) is 5.85. The summed E-state index contributed by atoms with van der Waals surface area (Å²) in [5, 5.41) is 24.2. The van der Waals surface area contributed by atoms with Gasteiger partial charge in [-0.25, -0.2) is 0 Å². The zero-order valence-corrected chi connectivity index (χ0v) is 20.4. The number of hydrogen-bond acceptors (Lipinski definition) is 4. The van der Waals surface area contributed by atoms with Gasteiger partial charge < -0.3 is 14.8 Å². The minimum absolute atomic E-state index is 0.0456. The Balaban J connectivity index is 1.43. The molecule has 0 saturated carbocycles. The second-order valence-corrected chi connectivity index (χ2v) is 9.58. The maximum Gasteiger partial charge on any atom is 0.144 e. The summed E-state index contributed by atoms with van der Waals surface area (Å²) in [6.45, 7) is 3.02. The molecule has 0 bridgehead atoms. The van der Waals surface area contributed by atoms with Crippen LogP contribution in [-0.4, -0.2) is 24.7 Å². The van der Waals surface area contributed by atoms with E-state index in [0.29, 0.717) is 22.5 Å². The zero-order chi connectivity index (χ0) is 25.1. The van der Waals surface area contributed by atoms with E-state index in [0.717, 1.165) is 28.8 Å². The summed E-state index contributed by atoms with van der Waals surface area (Å²) in [6.07, 6.45) is 3.61. The standard InChI is InChI=1S/C32H25N3O2/c1-2-35-28-8-4-3-6-24(28)25-16-21(11-14-29(25)35)22-17-27-31(34-18-22)30-26(7-5-15-33-30)32(27,37)23-12-9-20(19-36)10-13-23/h3-18,36-37H,2,19H2,1H3. The van der Waals surface area contributed by atoms with E-state index < -0.39 is 5.60 Å². The summed E-state index contributed by atoms with van der Waals surface area (Å²) < 4.78 is 2.34. The number of aryl methyl sites for hydroxylation is 1. The van der Waals surface area contributed by atoms with E-state index in [9.17, 15) is 10.2 Å². The van der Waals surface area contributed by atoms with Gasteiger partial charge >= 0.3 is 0 Å². The summed E-state index contributed by atoms with van der Waals surface area (Å²) in [6, 6.07) is 28.3. The molecule has 1 atom stereocenters. The number of aliphatic hydroxyl groups is 2. The van der Waals surface area contributed by atoms with E-state index >= 15 is 0 Å². The molecule has 5 nitrogen and oxygen atoms in total. The molecule has 0 amide bonds. The number of aliphatic hydroxyl groups excluding tert-OH is 1. The number of para-hydroxylation sites is 1. The van der Waals surface area contributed by atoms with Crippen molar-refractivity contribution >= 4 is 21.8 Å². The van der Waals surface area contributed by atoms with E-state index in [1.165, 1.54) is 21.8 Å². The van der Waals surface area contributed by atoms with Crippen molar-refractivity contribution in [1.82, 2.24) is 14.5 Å². The molecule has 5 heteroatoms. The zero-order valence-electron chi connectivity index (χ0n) is 20.4. The molecule has 1 aliphatic rings. The molecule has 1 aliphatic carbocycles. The van der Waals surface area contributed by atoms with Gasteiger partial charge in [0.1, 0.15) is 5.60 Å². The fraction of sp³-hybridized carbons (Fsp3) is 0.125. The molecular formula is C32H25N3O2. The van der Waals surface area contributed by atoms with Crippen LogP contribution in [0, 0.1) is 0 Å². The molecule has 180 valence electrons. The van der Waals surface area contributed by atoms with Gasteiger partial charge in [0.25, 0.3) is 0 Å². The molecule has 2 N–H and O–H groups in total. The Bertz CT molecular complexity index is 1820. The SMILES string of the molecule is CCn1c2ccccc2c2cc(-c3cnc4c(c3)C(O)(c3ccc(CO)cc3)c3cccnc3-4)ccc21. The molecule has 0 fully saturated rings. The van der Waals surface area contributed by atoms with Crippen molar-refractivity contribution in [2.45, 2.75) is 25.7 Å². The summed E-state index contributed by atoms with van der Waals surface area (Å²) in [5.74, 6) is 0. The Morgan fingerprint density at radius 2 is 1.54 bits per heavy atom. The second kappa shape index (κ2) is 8.10. The largest absolute Gasteiger partial charge is 0.392 e. The lowest BCUT2D eigenvalue weighted by molar-refractivity contribution is 0.130. The van der Waals surface area contributed by atoms with Gasteiger partial charge in [0, 0.05) is 57.4 Å². The van der Waals surface area contributed by atoms with Gasteiger partial charge in [-0.2, -0.15) is 0 Å². The molecular weight excluding hydrogens is 458 g/mol. The topological polar surface area (TPSA) is 71.2 Å². The minimum Gasteiger partial charge on any atom is -0.392 e. The number of benzene rings is 3. The van der Waals surface area contributed by atoms with Crippen LogP contribution in [0.25, 0.3) is 44.3 Å². The first kappa shape index (κ1) is 21.9. The molecule has 1 unspecified atom stereocenters. The van der Waals surface area contributed by atoms with Crippen molar-refractivity contribution in [2.24, 2.45) is 0 Å². The lowest BCUT2D eigenvalue weighted by Crippen LogP contribution is -2.26. The van der Waals surface area contributed by atoms with Crippen LogP contribution in [0.5, 0.6) is 0 Å². The summed E-state index contributed by atoms with van der Waals surface area (Å²) >= 11 is 0. The quantitative estimate of drug-likeness (QED) is 0.321. The molecule has 3 aromatic heterocycles. The van der Waals surface area contributed by atoms with Crippen LogP contribution in [0.4, 0.5) is 0 Å². The molecule has 3 heterocycles. The third kappa shape index (κ3) is 3.05. The summed E-state index contributed by atoms with van der Waals surface area (Å²) in [7, 11) is 0. The van der Waals surface area contributed by atoms with Gasteiger partial charge in [-0.05, 0) is 53.9 Å². The predicted octanol–water partition coefficient (Wildman–Crippen LogP) is 6.03. The van der Waals surface area contributed by atoms with Crippen molar-refractivity contribution in [3.8, 4) is 22.5 Å². The lowest BCUT2D eigenvalue weighted by Gasteiger charge is -2.26. The van der Waals surface area contributed by atoms with Gasteiger partial charge in [-0.3, -0.25) is 9.97 Å². The highest BCUT2D eigenvalue weighted by atomic mass is 16.3. The minimum atomic E-state index is -1.39. The maximum atomic E-state index is 12.3. The first-order valence-corrected chi connectivity index (χ1v) is 12.5. The van der Waals surface area contributed by atoms with Crippen molar-refractivity contribution < 1.29 is 10.2 Å². The van der Waals surface area contributed by atoms with Crippen molar-refractivity contribution in [3.63, 3.8) is 0 Å². The monoisotopic (exact) mass is 483 g/mol. The Morgan fingerprint density at radius 1 is 0.757 bits per heavy atom. The highest BCUT2D eigenvalue weighted by Crippen LogP contribution is 2.50. The van der Waals surface area contributed by atoms with E-state index in [1.807, 2.05) is 48.7 Å². The Kier molecular flexibility index (Phi) is 4.80. The number of nitrogens with zero attached hydrogens (tertiary/aromatic N) is 3. The van der Waals surface area contributed by atoms with E-state index in [2.05, 4.69) is 58.9 Å². The molecule has 3 aromatic carbocycles. The average molecular weight is 484 g/mol. The first-order valence-electron chi connectivity index (χ1n) is 12.5. The van der Waals surface area contributed by atoms with Crippen LogP contribution in [0.2, 0.25) is 0 Å². The van der Waals surface area contributed by atoms with Gasteiger partial charge in [-0.15, -0.1) is 0 Å². The van der Waals surface area contributed by atoms with Gasteiger partial charge in [0.05, 0.1) is 18.0 Å². The van der Waals surface area contributed by atoms with Crippen LogP contribution in [0.3, 0.4) is 0 Å². The Hall–Kier alpha value is -4.32. The highest BCUT2D eigenvalue weighted by molar-refractivity contribution is 6.09. The van der Waals surface area contributed by atoms with Crippen LogP contribution >= 0.6 is 0 Å². The van der Waals surface area contributed by atoms with Gasteiger partial charge in [-0.1, -0.05) is 54.6 Å². The van der Waals surface area contributed by atoms with Crippen LogP contribution in [0.15, 0.2) is 97.3 Å². The lowest BCUT2D eigenvalue weighted by atomic mass is 9.84.